The van der Waals surface area contributed by atoms with Gasteiger partial charge in [0.25, 0.3) is 5.22 Å². The highest BCUT2D eigenvalue weighted by atomic mass is 32.2. The number of hydrogen-bond acceptors (Lipinski definition) is 7. The molecule has 0 radical (unpaired) electrons. The summed E-state index contributed by atoms with van der Waals surface area (Å²) < 4.78 is 15.8. The Morgan fingerprint density at radius 3 is 2.50 bits per heavy atom. The molecular weight excluding hydrogens is 304 g/mol. The fraction of sp³-hybridized carbons (Fsp3) is 0.400. The van der Waals surface area contributed by atoms with Gasteiger partial charge in [-0.25, -0.2) is 0 Å². The van der Waals surface area contributed by atoms with Crippen molar-refractivity contribution < 1.29 is 18.7 Å². The average molecular weight is 322 g/mol. The van der Waals surface area contributed by atoms with Crippen LogP contribution in [0.15, 0.2) is 33.9 Å². The molecule has 1 heterocycles. The number of rotatable bonds is 5. The van der Waals surface area contributed by atoms with Crippen molar-refractivity contribution in [2.24, 2.45) is 0 Å². The van der Waals surface area contributed by atoms with Gasteiger partial charge in [-0.05, 0) is 45.0 Å². The van der Waals surface area contributed by atoms with Crippen LogP contribution in [0.4, 0.5) is 0 Å². The maximum Gasteiger partial charge on any atom is 0.316 e. The number of ether oxygens (including phenoxy) is 2. The summed E-state index contributed by atoms with van der Waals surface area (Å²) in [5, 5.41) is 8.21. The standard InChI is InChI=1S/C15H18N2O4S/c1-15(2,3)21-12(18)9-22-14-17-16-13(20-14)10-5-7-11(19-4)8-6-10/h5-8H,9H2,1-4H3. The lowest BCUT2D eigenvalue weighted by Gasteiger charge is -2.18. The molecule has 0 spiro atoms. The van der Waals surface area contributed by atoms with Crippen molar-refractivity contribution in [2.75, 3.05) is 12.9 Å². The van der Waals surface area contributed by atoms with Crippen LogP contribution in [-0.4, -0.2) is 34.6 Å². The summed E-state index contributed by atoms with van der Waals surface area (Å²) >= 11 is 1.15. The van der Waals surface area contributed by atoms with Crippen LogP contribution in [0, 0.1) is 0 Å². The molecule has 0 aliphatic rings. The van der Waals surface area contributed by atoms with Crippen molar-refractivity contribution in [2.45, 2.75) is 31.6 Å². The first kappa shape index (κ1) is 16.4. The van der Waals surface area contributed by atoms with Crippen LogP contribution in [0.5, 0.6) is 5.75 Å². The van der Waals surface area contributed by atoms with E-state index in [1.165, 1.54) is 0 Å². The van der Waals surface area contributed by atoms with E-state index in [0.29, 0.717) is 11.1 Å². The zero-order valence-electron chi connectivity index (χ0n) is 13.0. The van der Waals surface area contributed by atoms with E-state index in [1.807, 2.05) is 45.0 Å². The van der Waals surface area contributed by atoms with E-state index in [9.17, 15) is 4.79 Å². The van der Waals surface area contributed by atoms with Gasteiger partial charge in [-0.1, -0.05) is 11.8 Å². The number of nitrogens with zero attached hydrogens (tertiary/aromatic N) is 2. The van der Waals surface area contributed by atoms with Gasteiger partial charge in [0.2, 0.25) is 5.89 Å². The van der Waals surface area contributed by atoms with Crippen molar-refractivity contribution >= 4 is 17.7 Å². The molecule has 1 aromatic heterocycles. The zero-order valence-corrected chi connectivity index (χ0v) is 13.8. The van der Waals surface area contributed by atoms with Crippen molar-refractivity contribution in [1.29, 1.82) is 0 Å². The molecule has 7 heteroatoms. The Hall–Kier alpha value is -2.02. The Balaban J connectivity index is 1.95. The third kappa shape index (κ3) is 4.77. The third-order valence-electron chi connectivity index (χ3n) is 2.48. The van der Waals surface area contributed by atoms with Crippen LogP contribution < -0.4 is 4.74 Å². The number of thioether (sulfide) groups is 1. The molecule has 0 atom stereocenters. The van der Waals surface area contributed by atoms with Crippen molar-refractivity contribution in [3.05, 3.63) is 24.3 Å². The summed E-state index contributed by atoms with van der Waals surface area (Å²) in [4.78, 5) is 11.6. The summed E-state index contributed by atoms with van der Waals surface area (Å²) in [6.45, 7) is 5.47. The summed E-state index contributed by atoms with van der Waals surface area (Å²) in [7, 11) is 1.60. The van der Waals surface area contributed by atoms with E-state index in [2.05, 4.69) is 10.2 Å². The van der Waals surface area contributed by atoms with Gasteiger partial charge in [-0.15, -0.1) is 10.2 Å². The number of methoxy groups -OCH3 is 1. The maximum absolute atomic E-state index is 11.6. The SMILES string of the molecule is COc1ccc(-c2nnc(SCC(=O)OC(C)(C)C)o2)cc1. The van der Waals surface area contributed by atoms with Gasteiger partial charge in [-0.2, -0.15) is 0 Å². The number of esters is 1. The van der Waals surface area contributed by atoms with Gasteiger partial charge >= 0.3 is 5.97 Å². The second-order valence-electron chi connectivity index (χ2n) is 5.48. The molecule has 0 bridgehead atoms. The van der Waals surface area contributed by atoms with Gasteiger partial charge in [0.15, 0.2) is 0 Å². The average Bonchev–Trinajstić information content (AvgIpc) is 2.92. The highest BCUT2D eigenvalue weighted by molar-refractivity contribution is 7.99. The number of benzene rings is 1. The van der Waals surface area contributed by atoms with E-state index >= 15 is 0 Å². The lowest BCUT2D eigenvalue weighted by Crippen LogP contribution is -2.24. The molecule has 2 aromatic rings. The van der Waals surface area contributed by atoms with Crippen LogP contribution in [0.3, 0.4) is 0 Å². The van der Waals surface area contributed by atoms with E-state index in [0.717, 1.165) is 23.1 Å². The van der Waals surface area contributed by atoms with E-state index in [1.54, 1.807) is 7.11 Å². The molecule has 118 valence electrons. The molecule has 0 saturated carbocycles. The van der Waals surface area contributed by atoms with Crippen molar-refractivity contribution in [1.82, 2.24) is 10.2 Å². The molecule has 0 aliphatic carbocycles. The molecule has 0 fully saturated rings. The Bertz CT molecular complexity index is 632. The molecule has 0 amide bonds. The minimum atomic E-state index is -0.499. The molecular formula is C15H18N2O4S. The summed E-state index contributed by atoms with van der Waals surface area (Å²) in [5.41, 5.74) is 0.290. The van der Waals surface area contributed by atoms with Gasteiger partial charge in [0, 0.05) is 5.56 Å². The Morgan fingerprint density at radius 2 is 1.91 bits per heavy atom. The van der Waals surface area contributed by atoms with Crippen molar-refractivity contribution in [3.8, 4) is 17.2 Å². The van der Waals surface area contributed by atoms with Crippen LogP contribution in [0.1, 0.15) is 20.8 Å². The molecule has 22 heavy (non-hydrogen) atoms. The molecule has 1 aromatic carbocycles. The summed E-state index contributed by atoms with van der Waals surface area (Å²) in [6, 6.07) is 7.28. The first-order valence-corrected chi connectivity index (χ1v) is 7.68. The van der Waals surface area contributed by atoms with Crippen LogP contribution in [0.2, 0.25) is 0 Å². The minimum Gasteiger partial charge on any atom is -0.497 e. The van der Waals surface area contributed by atoms with Gasteiger partial charge < -0.3 is 13.9 Å². The Morgan fingerprint density at radius 1 is 1.23 bits per heavy atom. The first-order chi connectivity index (χ1) is 10.4. The molecule has 0 unspecified atom stereocenters. The topological polar surface area (TPSA) is 74.5 Å². The van der Waals surface area contributed by atoms with E-state index in [-0.39, 0.29) is 11.7 Å². The van der Waals surface area contributed by atoms with Gasteiger partial charge in [-0.3, -0.25) is 4.79 Å². The molecule has 0 aliphatic heterocycles. The summed E-state index contributed by atoms with van der Waals surface area (Å²) in [5.74, 6) is 0.959. The number of carbonyl (C=O) groups excluding carboxylic acids is 1. The lowest BCUT2D eigenvalue weighted by atomic mass is 10.2. The fourth-order valence-corrected chi connectivity index (χ4v) is 2.15. The fourth-order valence-electron chi connectivity index (χ4n) is 1.61. The quantitative estimate of drug-likeness (QED) is 0.618. The normalized spacial score (nSPS) is 11.3. The number of hydrogen-bond donors (Lipinski definition) is 0. The molecule has 0 N–H and O–H groups in total. The van der Waals surface area contributed by atoms with E-state index in [4.69, 9.17) is 13.9 Å². The number of carbonyl (C=O) groups is 1. The predicted octanol–water partition coefficient (Wildman–Crippen LogP) is 3.18. The Kier molecular flexibility index (Phi) is 5.07. The monoisotopic (exact) mass is 322 g/mol. The lowest BCUT2D eigenvalue weighted by molar-refractivity contribution is -0.151. The molecule has 2 rings (SSSR count). The Labute approximate surface area is 133 Å². The minimum absolute atomic E-state index is 0.127. The largest absolute Gasteiger partial charge is 0.497 e. The highest BCUT2D eigenvalue weighted by Crippen LogP contribution is 2.25. The van der Waals surface area contributed by atoms with Crippen LogP contribution in [-0.2, 0) is 9.53 Å². The van der Waals surface area contributed by atoms with Crippen LogP contribution in [0.25, 0.3) is 11.5 Å². The predicted molar refractivity (Wildman–Crippen MR) is 82.9 cm³/mol. The van der Waals surface area contributed by atoms with Gasteiger partial charge in [0.05, 0.1) is 7.11 Å². The highest BCUT2D eigenvalue weighted by Gasteiger charge is 2.18. The molecule has 0 saturated heterocycles. The molecule has 6 nitrogen and oxygen atoms in total. The number of aromatic nitrogens is 2. The van der Waals surface area contributed by atoms with Crippen molar-refractivity contribution in [3.63, 3.8) is 0 Å². The maximum atomic E-state index is 11.6. The zero-order chi connectivity index (χ0) is 16.2. The van der Waals surface area contributed by atoms with Crippen LogP contribution >= 0.6 is 11.8 Å². The smallest absolute Gasteiger partial charge is 0.316 e. The van der Waals surface area contributed by atoms with E-state index < -0.39 is 5.60 Å². The first-order valence-electron chi connectivity index (χ1n) is 6.70. The third-order valence-corrected chi connectivity index (χ3v) is 3.27. The summed E-state index contributed by atoms with van der Waals surface area (Å²) in [6.07, 6.45) is 0. The second kappa shape index (κ2) is 6.83. The van der Waals surface area contributed by atoms with Gasteiger partial charge in [0.1, 0.15) is 17.1 Å². The second-order valence-corrected chi connectivity index (χ2v) is 6.40.